The molecule has 3 N–H and O–H groups in total. The van der Waals surface area contributed by atoms with E-state index in [1.165, 1.54) is 26.4 Å². The summed E-state index contributed by atoms with van der Waals surface area (Å²) >= 11 is 0. The Morgan fingerprint density at radius 2 is 1.81 bits per heavy atom. The molecular weight excluding hydrogens is 660 g/mol. The summed E-state index contributed by atoms with van der Waals surface area (Å²) in [5, 5.41) is 9.47. The lowest BCUT2D eigenvalue weighted by Gasteiger charge is -2.41. The van der Waals surface area contributed by atoms with Crippen LogP contribution in [0.1, 0.15) is 109 Å². The third-order valence-electron chi connectivity index (χ3n) is 11.2. The Balaban J connectivity index is 1.43. The molecule has 1 aromatic rings. The van der Waals surface area contributed by atoms with Crippen LogP contribution in [-0.2, 0) is 28.6 Å². The molecular formula is C41H60N4O7. The first kappa shape index (κ1) is 39.3. The number of allylic oxidation sites excluding steroid dienone is 2. The number of rotatable bonds is 15. The Labute approximate surface area is 309 Å². The van der Waals surface area contributed by atoms with Gasteiger partial charge in [0.25, 0.3) is 0 Å². The van der Waals surface area contributed by atoms with Gasteiger partial charge in [0.15, 0.2) is 0 Å². The third kappa shape index (κ3) is 9.38. The van der Waals surface area contributed by atoms with E-state index in [9.17, 15) is 19.2 Å². The number of fused-ring (bicyclic) bond motifs is 1. The number of hydrogen-bond donors (Lipinski definition) is 3. The van der Waals surface area contributed by atoms with Crippen LogP contribution in [0.5, 0.6) is 0 Å². The van der Waals surface area contributed by atoms with Gasteiger partial charge in [0.1, 0.15) is 23.2 Å². The Morgan fingerprint density at radius 1 is 1.08 bits per heavy atom. The number of unbranched alkanes of at least 4 members (excludes halogenated alkanes) is 1. The minimum absolute atomic E-state index is 0.0949. The predicted octanol–water partition coefficient (Wildman–Crippen LogP) is 6.60. The summed E-state index contributed by atoms with van der Waals surface area (Å²) in [6.07, 6.45) is 11.9. The van der Waals surface area contributed by atoms with Crippen molar-refractivity contribution in [3.8, 4) is 0 Å². The maximum atomic E-state index is 14.6. The number of anilines is 1. The number of likely N-dealkylation sites (tertiary alicyclic amines) is 1. The number of ether oxygens (including phenoxy) is 3. The van der Waals surface area contributed by atoms with E-state index in [1.54, 1.807) is 37.8 Å². The van der Waals surface area contributed by atoms with Crippen molar-refractivity contribution < 1.29 is 33.4 Å². The quantitative estimate of drug-likeness (QED) is 0.105. The molecule has 1 saturated heterocycles. The fourth-order valence-electron chi connectivity index (χ4n) is 8.53. The van der Waals surface area contributed by atoms with Crippen molar-refractivity contribution >= 4 is 29.6 Å². The van der Waals surface area contributed by atoms with Crippen molar-refractivity contribution in [1.82, 2.24) is 15.5 Å². The molecule has 2 saturated carbocycles. The molecule has 1 aromatic carbocycles. The average molecular weight is 721 g/mol. The number of para-hydroxylation sites is 1. The summed E-state index contributed by atoms with van der Waals surface area (Å²) in [6, 6.07) is 6.37. The van der Waals surface area contributed by atoms with Crippen molar-refractivity contribution in [3.63, 3.8) is 0 Å². The lowest BCUT2D eigenvalue weighted by Crippen LogP contribution is -2.56. The molecule has 286 valence electrons. The number of methoxy groups -OCH3 is 1. The standard InChI is InChI=1S/C41H60N4O7/c1-7-9-12-22-33(43-39(49)52-40(3,4)5)37(47)45-26-29(23-34(45)36(46)44-41(38(48)50-6)24-28(41)19-10-8-2)51-35-30-20-15-16-21-32(30)42-25-31(35)27-17-13-11-14-18-27/h7-8,15-16,20-21,27-29,31,33-35,42H,1-2,9-14,17-19,22-26H2,3-6H3,(H,43,49)(H,44,46)/t28-,29-,31?,33+,34+,35?,41-/m1/s1. The number of hydrogen-bond acceptors (Lipinski definition) is 8. The van der Waals surface area contributed by atoms with Gasteiger partial charge in [-0.3, -0.25) is 9.59 Å². The Kier molecular flexibility index (Phi) is 13.1. The summed E-state index contributed by atoms with van der Waals surface area (Å²) < 4.78 is 17.8. The fraction of sp³-hybridized carbons (Fsp3) is 0.659. The summed E-state index contributed by atoms with van der Waals surface area (Å²) in [4.78, 5) is 56.6. The number of alkyl carbamates (subject to hydrolysis) is 1. The molecule has 11 nitrogen and oxygen atoms in total. The molecule has 2 unspecified atom stereocenters. The molecule has 52 heavy (non-hydrogen) atoms. The van der Waals surface area contributed by atoms with Crippen LogP contribution in [0.2, 0.25) is 0 Å². The van der Waals surface area contributed by atoms with E-state index in [4.69, 9.17) is 14.2 Å². The first-order valence-corrected chi connectivity index (χ1v) is 19.3. The van der Waals surface area contributed by atoms with Gasteiger partial charge in [0.2, 0.25) is 11.8 Å². The SMILES string of the molecule is C=CCCC[C@H](NC(=O)OC(C)(C)C)C(=O)N1C[C@H](OC2c3ccccc3NCC2C2CCCCC2)C[C@H]1C(=O)N[C@]1(C(=O)OC)C[C@H]1CCC=C. The zero-order valence-corrected chi connectivity index (χ0v) is 31.6. The summed E-state index contributed by atoms with van der Waals surface area (Å²) in [5.41, 5.74) is 0.225. The number of carbonyl (C=O) groups is 4. The van der Waals surface area contributed by atoms with E-state index in [0.717, 1.165) is 30.6 Å². The highest BCUT2D eigenvalue weighted by Gasteiger charge is 2.62. The molecule has 0 radical (unpaired) electrons. The number of amides is 3. The van der Waals surface area contributed by atoms with Crippen molar-refractivity contribution in [2.75, 3.05) is 25.5 Å². The molecule has 2 aliphatic heterocycles. The van der Waals surface area contributed by atoms with Crippen molar-refractivity contribution in [2.45, 2.75) is 133 Å². The second-order valence-corrected chi connectivity index (χ2v) is 16.1. The highest BCUT2D eigenvalue weighted by atomic mass is 16.6. The van der Waals surface area contributed by atoms with Crippen LogP contribution in [-0.4, -0.2) is 78.3 Å². The van der Waals surface area contributed by atoms with Crippen molar-refractivity contribution in [3.05, 3.63) is 55.1 Å². The highest BCUT2D eigenvalue weighted by molar-refractivity contribution is 5.96. The molecule has 0 aromatic heterocycles. The minimum atomic E-state index is -1.15. The summed E-state index contributed by atoms with van der Waals surface area (Å²) in [6.45, 7) is 13.9. The zero-order chi connectivity index (χ0) is 37.5. The maximum absolute atomic E-state index is 14.6. The molecule has 11 heteroatoms. The minimum Gasteiger partial charge on any atom is -0.467 e. The fourth-order valence-corrected chi connectivity index (χ4v) is 8.53. The maximum Gasteiger partial charge on any atom is 0.408 e. The molecule has 7 atom stereocenters. The van der Waals surface area contributed by atoms with Gasteiger partial charge >= 0.3 is 12.1 Å². The van der Waals surface area contributed by atoms with Crippen LogP contribution in [0.4, 0.5) is 10.5 Å². The molecule has 3 fully saturated rings. The van der Waals surface area contributed by atoms with E-state index in [2.05, 4.69) is 41.2 Å². The van der Waals surface area contributed by atoms with Crippen LogP contribution in [0.25, 0.3) is 0 Å². The Bertz CT molecular complexity index is 1450. The molecule has 5 rings (SSSR count). The van der Waals surface area contributed by atoms with Crippen LogP contribution in [0.15, 0.2) is 49.6 Å². The number of nitrogens with zero attached hydrogens (tertiary/aromatic N) is 1. The number of benzene rings is 1. The number of nitrogens with one attached hydrogen (secondary N) is 3. The summed E-state index contributed by atoms with van der Waals surface area (Å²) in [5.74, 6) is -0.652. The molecule has 0 bridgehead atoms. The molecule has 4 aliphatic rings. The smallest absolute Gasteiger partial charge is 0.408 e. The van der Waals surface area contributed by atoms with Crippen LogP contribution >= 0.6 is 0 Å². The Hall–Kier alpha value is -3.86. The molecule has 2 aliphatic carbocycles. The van der Waals surface area contributed by atoms with Gasteiger partial charge in [-0.05, 0) is 77.2 Å². The van der Waals surface area contributed by atoms with Crippen molar-refractivity contribution in [1.29, 1.82) is 0 Å². The van der Waals surface area contributed by atoms with Crippen LogP contribution < -0.4 is 16.0 Å². The number of esters is 1. The van der Waals surface area contributed by atoms with E-state index in [0.29, 0.717) is 44.4 Å². The number of carbonyl (C=O) groups excluding carboxylic acids is 4. The molecule has 2 heterocycles. The third-order valence-corrected chi connectivity index (χ3v) is 11.2. The van der Waals surface area contributed by atoms with Gasteiger partial charge in [0.05, 0.1) is 19.3 Å². The zero-order valence-electron chi connectivity index (χ0n) is 31.6. The van der Waals surface area contributed by atoms with Crippen molar-refractivity contribution in [2.24, 2.45) is 17.8 Å². The monoisotopic (exact) mass is 720 g/mol. The van der Waals surface area contributed by atoms with E-state index in [-0.39, 0.29) is 36.8 Å². The van der Waals surface area contributed by atoms with Gasteiger partial charge < -0.3 is 35.1 Å². The molecule has 0 spiro atoms. The second-order valence-electron chi connectivity index (χ2n) is 16.1. The lowest BCUT2D eigenvalue weighted by atomic mass is 9.74. The summed E-state index contributed by atoms with van der Waals surface area (Å²) in [7, 11) is 1.32. The van der Waals surface area contributed by atoms with Crippen LogP contribution in [0, 0.1) is 17.8 Å². The van der Waals surface area contributed by atoms with Gasteiger partial charge in [-0.15, -0.1) is 13.2 Å². The normalized spacial score (nSPS) is 27.7. The van der Waals surface area contributed by atoms with Gasteiger partial charge in [-0.1, -0.05) is 62.5 Å². The highest BCUT2D eigenvalue weighted by Crippen LogP contribution is 2.48. The predicted molar refractivity (Wildman–Crippen MR) is 200 cm³/mol. The molecule has 3 amide bonds. The first-order chi connectivity index (χ1) is 24.9. The Morgan fingerprint density at radius 3 is 2.50 bits per heavy atom. The average Bonchev–Trinajstić information content (AvgIpc) is 3.65. The van der Waals surface area contributed by atoms with Gasteiger partial charge in [-0.2, -0.15) is 0 Å². The largest absolute Gasteiger partial charge is 0.467 e. The van der Waals surface area contributed by atoms with E-state index < -0.39 is 47.3 Å². The van der Waals surface area contributed by atoms with Gasteiger partial charge in [0, 0.05) is 36.7 Å². The van der Waals surface area contributed by atoms with Crippen LogP contribution in [0.3, 0.4) is 0 Å². The first-order valence-electron chi connectivity index (χ1n) is 19.3. The van der Waals surface area contributed by atoms with E-state index in [1.807, 2.05) is 12.1 Å². The lowest BCUT2D eigenvalue weighted by molar-refractivity contribution is -0.148. The second kappa shape index (κ2) is 17.3. The van der Waals surface area contributed by atoms with E-state index >= 15 is 0 Å². The topological polar surface area (TPSA) is 135 Å². The van der Waals surface area contributed by atoms with Gasteiger partial charge in [-0.25, -0.2) is 9.59 Å².